The molecule has 0 aliphatic heterocycles. The Bertz CT molecular complexity index is 299. The first-order valence-corrected chi connectivity index (χ1v) is 4.31. The Labute approximate surface area is 72.0 Å². The van der Waals surface area contributed by atoms with Crippen molar-refractivity contribution in [2.24, 2.45) is 7.05 Å². The van der Waals surface area contributed by atoms with Crippen molar-refractivity contribution in [3.05, 3.63) is 17.5 Å². The second-order valence-electron chi connectivity index (χ2n) is 3.78. The SMILES string of the molecule is Cc1c(CC2(O)CC2)cnn1C. The van der Waals surface area contributed by atoms with Gasteiger partial charge in [0.25, 0.3) is 0 Å². The van der Waals surface area contributed by atoms with Gasteiger partial charge in [-0.25, -0.2) is 0 Å². The number of aliphatic hydroxyl groups is 1. The molecule has 1 saturated carbocycles. The maximum absolute atomic E-state index is 9.68. The molecule has 0 spiro atoms. The van der Waals surface area contributed by atoms with E-state index in [9.17, 15) is 5.11 Å². The normalized spacial score (nSPS) is 19.6. The van der Waals surface area contributed by atoms with Gasteiger partial charge in [0.1, 0.15) is 0 Å². The first-order valence-electron chi connectivity index (χ1n) is 4.31. The summed E-state index contributed by atoms with van der Waals surface area (Å²) in [5.41, 5.74) is 1.95. The van der Waals surface area contributed by atoms with E-state index in [1.54, 1.807) is 0 Å². The van der Waals surface area contributed by atoms with Gasteiger partial charge < -0.3 is 5.11 Å². The third-order valence-electron chi connectivity index (χ3n) is 2.68. The molecular formula is C9H14N2O. The minimum atomic E-state index is -0.395. The van der Waals surface area contributed by atoms with Crippen LogP contribution in [-0.4, -0.2) is 20.5 Å². The number of aryl methyl sites for hydroxylation is 1. The summed E-state index contributed by atoms with van der Waals surface area (Å²) in [6, 6.07) is 0. The van der Waals surface area contributed by atoms with Crippen molar-refractivity contribution in [1.29, 1.82) is 0 Å². The maximum atomic E-state index is 9.68. The summed E-state index contributed by atoms with van der Waals surface area (Å²) in [4.78, 5) is 0. The van der Waals surface area contributed by atoms with Gasteiger partial charge in [0.2, 0.25) is 0 Å². The summed E-state index contributed by atoms with van der Waals surface area (Å²) in [6.07, 6.45) is 4.51. The molecule has 0 bridgehead atoms. The molecule has 3 heteroatoms. The van der Waals surface area contributed by atoms with Crippen molar-refractivity contribution < 1.29 is 5.11 Å². The Hall–Kier alpha value is -0.830. The highest BCUT2D eigenvalue weighted by Crippen LogP contribution is 2.38. The quantitative estimate of drug-likeness (QED) is 0.705. The molecule has 0 amide bonds. The van der Waals surface area contributed by atoms with Crippen molar-refractivity contribution in [1.82, 2.24) is 9.78 Å². The zero-order valence-electron chi connectivity index (χ0n) is 7.54. The van der Waals surface area contributed by atoms with Gasteiger partial charge in [0, 0.05) is 19.2 Å². The summed E-state index contributed by atoms with van der Waals surface area (Å²) < 4.78 is 1.85. The van der Waals surface area contributed by atoms with Crippen LogP contribution in [0.15, 0.2) is 6.20 Å². The van der Waals surface area contributed by atoms with Crippen LogP contribution in [0.1, 0.15) is 24.1 Å². The number of aromatic nitrogens is 2. The van der Waals surface area contributed by atoms with E-state index in [0.717, 1.165) is 25.0 Å². The van der Waals surface area contributed by atoms with Gasteiger partial charge in [0.05, 0.1) is 11.8 Å². The molecule has 1 fully saturated rings. The Morgan fingerprint density at radius 2 is 2.33 bits per heavy atom. The third kappa shape index (κ3) is 1.25. The van der Waals surface area contributed by atoms with E-state index >= 15 is 0 Å². The number of hydrogen-bond acceptors (Lipinski definition) is 2. The van der Waals surface area contributed by atoms with Crippen LogP contribution < -0.4 is 0 Å². The van der Waals surface area contributed by atoms with E-state index < -0.39 is 5.60 Å². The Balaban J connectivity index is 2.17. The second-order valence-corrected chi connectivity index (χ2v) is 3.78. The van der Waals surface area contributed by atoms with E-state index in [1.807, 2.05) is 24.9 Å². The minimum absolute atomic E-state index is 0.395. The van der Waals surface area contributed by atoms with Crippen molar-refractivity contribution in [2.75, 3.05) is 0 Å². The molecule has 3 nitrogen and oxygen atoms in total. The summed E-state index contributed by atoms with van der Waals surface area (Å²) >= 11 is 0. The van der Waals surface area contributed by atoms with E-state index in [4.69, 9.17) is 0 Å². The lowest BCUT2D eigenvalue weighted by Gasteiger charge is -2.05. The second kappa shape index (κ2) is 2.33. The van der Waals surface area contributed by atoms with Gasteiger partial charge in [-0.15, -0.1) is 0 Å². The Morgan fingerprint density at radius 1 is 1.67 bits per heavy atom. The first-order chi connectivity index (χ1) is 5.61. The minimum Gasteiger partial charge on any atom is -0.390 e. The fourth-order valence-corrected chi connectivity index (χ4v) is 1.39. The van der Waals surface area contributed by atoms with E-state index in [-0.39, 0.29) is 0 Å². The van der Waals surface area contributed by atoms with Crippen molar-refractivity contribution >= 4 is 0 Å². The number of nitrogens with zero attached hydrogens (tertiary/aromatic N) is 2. The third-order valence-corrected chi connectivity index (χ3v) is 2.68. The molecule has 1 aromatic rings. The van der Waals surface area contributed by atoms with Gasteiger partial charge in [0.15, 0.2) is 0 Å². The molecule has 2 rings (SSSR count). The molecule has 0 atom stereocenters. The fourth-order valence-electron chi connectivity index (χ4n) is 1.39. The average molecular weight is 166 g/mol. The molecule has 66 valence electrons. The molecule has 0 aromatic carbocycles. The molecule has 1 aliphatic carbocycles. The molecular weight excluding hydrogens is 152 g/mol. The zero-order valence-corrected chi connectivity index (χ0v) is 7.54. The van der Waals surface area contributed by atoms with Gasteiger partial charge in [-0.2, -0.15) is 5.10 Å². The largest absolute Gasteiger partial charge is 0.390 e. The standard InChI is InChI=1S/C9H14N2O/c1-7-8(6-10-11(7)2)5-9(12)3-4-9/h6,12H,3-5H2,1-2H3. The molecule has 1 N–H and O–H groups in total. The highest BCUT2D eigenvalue weighted by atomic mass is 16.3. The fraction of sp³-hybridized carbons (Fsp3) is 0.667. The zero-order chi connectivity index (χ0) is 8.77. The van der Waals surface area contributed by atoms with Gasteiger partial charge in [-0.3, -0.25) is 4.68 Å². The van der Waals surface area contributed by atoms with Crippen LogP contribution in [0.2, 0.25) is 0 Å². The Morgan fingerprint density at radius 3 is 2.75 bits per heavy atom. The molecule has 0 radical (unpaired) electrons. The topological polar surface area (TPSA) is 38.1 Å². The van der Waals surface area contributed by atoms with Gasteiger partial charge in [-0.1, -0.05) is 0 Å². The first kappa shape index (κ1) is 7.80. The van der Waals surface area contributed by atoms with Crippen LogP contribution in [0.3, 0.4) is 0 Å². The average Bonchev–Trinajstić information content (AvgIpc) is 2.68. The van der Waals surface area contributed by atoms with Crippen LogP contribution in [0, 0.1) is 6.92 Å². The van der Waals surface area contributed by atoms with Gasteiger partial charge >= 0.3 is 0 Å². The van der Waals surface area contributed by atoms with Crippen LogP contribution >= 0.6 is 0 Å². The molecule has 1 aliphatic rings. The van der Waals surface area contributed by atoms with Crippen LogP contribution in [-0.2, 0) is 13.5 Å². The predicted molar refractivity (Wildman–Crippen MR) is 45.8 cm³/mol. The van der Waals surface area contributed by atoms with Crippen LogP contribution in [0.25, 0.3) is 0 Å². The highest BCUT2D eigenvalue weighted by molar-refractivity contribution is 5.20. The molecule has 12 heavy (non-hydrogen) atoms. The lowest BCUT2D eigenvalue weighted by molar-refractivity contribution is 0.150. The predicted octanol–water partition coefficient (Wildman–Crippen LogP) is 0.796. The van der Waals surface area contributed by atoms with Crippen LogP contribution in [0.4, 0.5) is 0 Å². The smallest absolute Gasteiger partial charge is 0.0691 e. The summed E-state index contributed by atoms with van der Waals surface area (Å²) in [5, 5.41) is 13.8. The monoisotopic (exact) mass is 166 g/mol. The molecule has 1 aromatic heterocycles. The Kier molecular flexibility index (Phi) is 1.51. The van der Waals surface area contributed by atoms with Crippen molar-refractivity contribution in [3.8, 4) is 0 Å². The molecule has 0 saturated heterocycles. The lowest BCUT2D eigenvalue weighted by Crippen LogP contribution is -2.11. The van der Waals surface area contributed by atoms with Gasteiger partial charge in [-0.05, 0) is 25.3 Å². The van der Waals surface area contributed by atoms with Crippen LogP contribution in [0.5, 0.6) is 0 Å². The van der Waals surface area contributed by atoms with Crippen molar-refractivity contribution in [3.63, 3.8) is 0 Å². The highest BCUT2D eigenvalue weighted by Gasteiger charge is 2.40. The lowest BCUT2D eigenvalue weighted by atomic mass is 10.1. The van der Waals surface area contributed by atoms with Crippen molar-refractivity contribution in [2.45, 2.75) is 31.8 Å². The number of hydrogen-bond donors (Lipinski definition) is 1. The summed E-state index contributed by atoms with van der Waals surface area (Å²) in [6.45, 7) is 2.04. The molecule has 0 unspecified atom stereocenters. The maximum Gasteiger partial charge on any atom is 0.0691 e. The van der Waals surface area contributed by atoms with E-state index in [2.05, 4.69) is 5.10 Å². The van der Waals surface area contributed by atoms with E-state index in [1.165, 1.54) is 5.56 Å². The van der Waals surface area contributed by atoms with E-state index in [0.29, 0.717) is 0 Å². The summed E-state index contributed by atoms with van der Waals surface area (Å²) in [7, 11) is 1.93. The number of rotatable bonds is 2. The molecule has 1 heterocycles. The summed E-state index contributed by atoms with van der Waals surface area (Å²) in [5.74, 6) is 0.